The molecule has 66 valence electrons. The molecule has 5 heteroatoms. The Hall–Kier alpha value is -1.36. The van der Waals surface area contributed by atoms with Gasteiger partial charge in [0.2, 0.25) is 0 Å². The number of hydrogen-bond donors (Lipinski definition) is 3. The van der Waals surface area contributed by atoms with Crippen LogP contribution in [0.1, 0.15) is 0 Å². The van der Waals surface area contributed by atoms with E-state index in [1.807, 2.05) is 30.3 Å². The molecule has 0 aliphatic rings. The van der Waals surface area contributed by atoms with Crippen LogP contribution in [0.25, 0.3) is 0 Å². The first-order valence-corrected chi connectivity index (χ1v) is 3.56. The van der Waals surface area contributed by atoms with Crippen LogP contribution < -0.4 is 16.6 Å². The number of para-hydroxylation sites is 1. The van der Waals surface area contributed by atoms with E-state index in [9.17, 15) is 0 Å². The Morgan fingerprint density at radius 1 is 1.25 bits per heavy atom. The van der Waals surface area contributed by atoms with Crippen LogP contribution in [0.5, 0.6) is 0 Å². The number of nitrogens with one attached hydrogen (secondary N) is 2. The second kappa shape index (κ2) is 5.31. The number of rotatable bonds is 2. The van der Waals surface area contributed by atoms with Crippen molar-refractivity contribution >= 4 is 23.0 Å². The molecule has 0 heterocycles. The van der Waals surface area contributed by atoms with Crippen molar-refractivity contribution in [3.8, 4) is 0 Å². The Labute approximate surface area is 75.3 Å². The highest BCUT2D eigenvalue weighted by atomic mass is 32.1. The normalized spacial score (nSPS) is 8.00. The number of hydrogen-bond acceptors (Lipinski definition) is 2. The van der Waals surface area contributed by atoms with E-state index < -0.39 is 0 Å². The summed E-state index contributed by atoms with van der Waals surface area (Å²) in [4.78, 5) is 0. The molecule has 0 unspecified atom stereocenters. The molecule has 0 saturated carbocycles. The molecule has 1 aromatic carbocycles. The quantitative estimate of drug-likeness (QED) is 0.477. The standard InChI is InChI=1S/C7H9N3S.FH/c8-7(11)10-9-6-4-2-1-3-5-6;/h1-5,9H,(H3,8,10,11);1H. The van der Waals surface area contributed by atoms with Crippen LogP contribution in [0, 0.1) is 0 Å². The average molecular weight is 187 g/mol. The van der Waals surface area contributed by atoms with E-state index >= 15 is 0 Å². The van der Waals surface area contributed by atoms with Crippen LogP contribution in [0.15, 0.2) is 30.3 Å². The first-order valence-electron chi connectivity index (χ1n) is 3.15. The molecule has 0 saturated heterocycles. The maximum atomic E-state index is 5.20. The second-order valence-corrected chi connectivity index (χ2v) is 2.42. The van der Waals surface area contributed by atoms with Gasteiger partial charge in [-0.3, -0.25) is 15.6 Å². The van der Waals surface area contributed by atoms with E-state index in [4.69, 9.17) is 5.73 Å². The smallest absolute Gasteiger partial charge is 0.182 e. The summed E-state index contributed by atoms with van der Waals surface area (Å²) in [7, 11) is 0. The Balaban J connectivity index is 0.00000121. The lowest BCUT2D eigenvalue weighted by Crippen LogP contribution is -2.33. The largest absolute Gasteiger partial charge is 0.375 e. The molecule has 4 N–H and O–H groups in total. The number of benzene rings is 1. The van der Waals surface area contributed by atoms with Crippen molar-refractivity contribution in [2.24, 2.45) is 5.73 Å². The molecule has 0 bridgehead atoms. The van der Waals surface area contributed by atoms with E-state index in [1.54, 1.807) is 0 Å². The van der Waals surface area contributed by atoms with Crippen LogP contribution in [-0.4, -0.2) is 5.11 Å². The minimum absolute atomic E-state index is 0. The van der Waals surface area contributed by atoms with Gasteiger partial charge in [-0.15, -0.1) is 0 Å². The molecule has 0 fully saturated rings. The monoisotopic (exact) mass is 187 g/mol. The SMILES string of the molecule is F.NC(=S)NNc1ccccc1. The third-order valence-electron chi connectivity index (χ3n) is 1.10. The summed E-state index contributed by atoms with van der Waals surface area (Å²) in [6.45, 7) is 0. The fourth-order valence-electron chi connectivity index (χ4n) is 0.655. The molecule has 0 amide bonds. The van der Waals surface area contributed by atoms with Gasteiger partial charge in [0, 0.05) is 0 Å². The minimum atomic E-state index is 0. The van der Waals surface area contributed by atoms with Crippen LogP contribution >= 0.6 is 12.2 Å². The van der Waals surface area contributed by atoms with Crippen LogP contribution in [0.4, 0.5) is 10.4 Å². The summed E-state index contributed by atoms with van der Waals surface area (Å²) >= 11 is 4.60. The van der Waals surface area contributed by atoms with Crippen molar-refractivity contribution in [3.63, 3.8) is 0 Å². The molecule has 0 aromatic heterocycles. The van der Waals surface area contributed by atoms with Gasteiger partial charge in [-0.05, 0) is 24.4 Å². The Morgan fingerprint density at radius 2 is 1.83 bits per heavy atom. The Bertz CT molecular complexity index is 240. The van der Waals surface area contributed by atoms with Crippen LogP contribution in [-0.2, 0) is 0 Å². The second-order valence-electron chi connectivity index (χ2n) is 1.98. The molecule has 0 radical (unpaired) electrons. The van der Waals surface area contributed by atoms with E-state index in [0.29, 0.717) is 0 Å². The Kier molecular flexibility index (Phi) is 4.71. The topological polar surface area (TPSA) is 50.1 Å². The lowest BCUT2D eigenvalue weighted by molar-refractivity contribution is 1.11. The molecule has 0 spiro atoms. The first kappa shape index (κ1) is 10.6. The van der Waals surface area contributed by atoms with Gasteiger partial charge in [0.25, 0.3) is 0 Å². The molecule has 0 atom stereocenters. The van der Waals surface area contributed by atoms with E-state index in [1.165, 1.54) is 0 Å². The fourth-order valence-corrected chi connectivity index (χ4v) is 0.706. The highest BCUT2D eigenvalue weighted by Crippen LogP contribution is 2.01. The molecule has 3 nitrogen and oxygen atoms in total. The summed E-state index contributed by atoms with van der Waals surface area (Å²) in [6, 6.07) is 9.59. The zero-order valence-corrected chi connectivity index (χ0v) is 7.10. The zero-order valence-electron chi connectivity index (χ0n) is 6.28. The molecule has 12 heavy (non-hydrogen) atoms. The summed E-state index contributed by atoms with van der Waals surface area (Å²) in [5.41, 5.74) is 11.6. The van der Waals surface area contributed by atoms with Crippen LogP contribution in [0.2, 0.25) is 0 Å². The summed E-state index contributed by atoms with van der Waals surface area (Å²) in [5.74, 6) is 0. The molecule has 1 aromatic rings. The van der Waals surface area contributed by atoms with E-state index in [0.717, 1.165) is 5.69 Å². The van der Waals surface area contributed by atoms with Gasteiger partial charge >= 0.3 is 0 Å². The van der Waals surface area contributed by atoms with Gasteiger partial charge in [-0.2, -0.15) is 0 Å². The first-order chi connectivity index (χ1) is 5.29. The van der Waals surface area contributed by atoms with Gasteiger partial charge in [-0.25, -0.2) is 0 Å². The third kappa shape index (κ3) is 3.72. The van der Waals surface area contributed by atoms with E-state index in [2.05, 4.69) is 23.1 Å². The van der Waals surface area contributed by atoms with Crippen LogP contribution in [0.3, 0.4) is 0 Å². The number of hydrazine groups is 1. The summed E-state index contributed by atoms with van der Waals surface area (Å²) in [5, 5.41) is 0.230. The maximum absolute atomic E-state index is 5.20. The lowest BCUT2D eigenvalue weighted by atomic mass is 10.3. The summed E-state index contributed by atoms with van der Waals surface area (Å²) < 4.78 is 0. The molecule has 0 aliphatic carbocycles. The molecular weight excluding hydrogens is 177 g/mol. The third-order valence-corrected chi connectivity index (χ3v) is 1.21. The van der Waals surface area contributed by atoms with Crippen molar-refractivity contribution < 1.29 is 4.70 Å². The van der Waals surface area contributed by atoms with Crippen molar-refractivity contribution in [1.82, 2.24) is 5.43 Å². The number of halogens is 1. The fraction of sp³-hybridized carbons (Fsp3) is 0. The van der Waals surface area contributed by atoms with E-state index in [-0.39, 0.29) is 9.82 Å². The lowest BCUT2D eigenvalue weighted by Gasteiger charge is -2.05. The highest BCUT2D eigenvalue weighted by Gasteiger charge is 1.86. The van der Waals surface area contributed by atoms with Gasteiger partial charge in [0.05, 0.1) is 5.69 Å². The number of thiocarbonyl (C=S) groups is 1. The van der Waals surface area contributed by atoms with Gasteiger partial charge in [0.1, 0.15) is 0 Å². The van der Waals surface area contributed by atoms with Crippen molar-refractivity contribution in [1.29, 1.82) is 0 Å². The van der Waals surface area contributed by atoms with Gasteiger partial charge in [-0.1, -0.05) is 18.2 Å². The number of anilines is 1. The van der Waals surface area contributed by atoms with Gasteiger partial charge in [0.15, 0.2) is 5.11 Å². The molecular formula is C7H10FN3S. The predicted octanol–water partition coefficient (Wildman–Crippen LogP) is 0.999. The highest BCUT2D eigenvalue weighted by molar-refractivity contribution is 7.80. The predicted molar refractivity (Wildman–Crippen MR) is 52.5 cm³/mol. The Morgan fingerprint density at radius 3 is 2.33 bits per heavy atom. The summed E-state index contributed by atoms with van der Waals surface area (Å²) in [6.07, 6.45) is 0. The van der Waals surface area contributed by atoms with Crippen molar-refractivity contribution in [2.75, 3.05) is 5.43 Å². The number of nitrogens with two attached hydrogens (primary N) is 1. The minimum Gasteiger partial charge on any atom is -0.375 e. The van der Waals surface area contributed by atoms with Crippen molar-refractivity contribution in [2.45, 2.75) is 0 Å². The maximum Gasteiger partial charge on any atom is 0.182 e. The van der Waals surface area contributed by atoms with Gasteiger partial charge < -0.3 is 5.73 Å². The van der Waals surface area contributed by atoms with Crippen molar-refractivity contribution in [3.05, 3.63) is 30.3 Å². The average Bonchev–Trinajstić information content (AvgIpc) is 2.03. The molecule has 1 rings (SSSR count). The zero-order chi connectivity index (χ0) is 8.10. The molecule has 0 aliphatic heterocycles.